The number of phenolic OH excluding ortho intramolecular Hbond substituents is 1. The van der Waals surface area contributed by atoms with Crippen molar-refractivity contribution in [3.63, 3.8) is 0 Å². The molecule has 0 aliphatic heterocycles. The molecular weight excluding hydrogens is 386 g/mol. The average Bonchev–Trinajstić information content (AvgIpc) is 2.74. The first-order chi connectivity index (χ1) is 14.4. The van der Waals surface area contributed by atoms with Gasteiger partial charge in [-0.05, 0) is 48.9 Å². The van der Waals surface area contributed by atoms with E-state index in [-0.39, 0.29) is 22.6 Å². The number of hydrogen-bond acceptors (Lipinski definition) is 7. The molecule has 9 nitrogen and oxygen atoms in total. The number of rotatable bonds is 5. The molecule has 0 saturated heterocycles. The SMILES string of the molecule is COc1ccc(-n2nc(C(=O)N/N=C/c3cccc(O)c3)c(C)c(C#N)c2=O)cc1. The van der Waals surface area contributed by atoms with Gasteiger partial charge in [-0.1, -0.05) is 12.1 Å². The smallest absolute Gasteiger partial charge is 0.292 e. The van der Waals surface area contributed by atoms with Crippen molar-refractivity contribution in [2.75, 3.05) is 7.11 Å². The van der Waals surface area contributed by atoms with Crippen molar-refractivity contribution in [1.29, 1.82) is 5.26 Å². The number of phenols is 1. The first-order valence-corrected chi connectivity index (χ1v) is 8.75. The third-order valence-corrected chi connectivity index (χ3v) is 4.23. The first-order valence-electron chi connectivity index (χ1n) is 8.75. The Bertz CT molecular complexity index is 1220. The van der Waals surface area contributed by atoms with Crippen LogP contribution in [0.5, 0.6) is 11.5 Å². The molecule has 3 rings (SSSR count). The van der Waals surface area contributed by atoms with Crippen molar-refractivity contribution >= 4 is 12.1 Å². The summed E-state index contributed by atoms with van der Waals surface area (Å²) in [5, 5.41) is 26.8. The average molecular weight is 403 g/mol. The second-order valence-electron chi connectivity index (χ2n) is 6.17. The Labute approximate surface area is 171 Å². The van der Waals surface area contributed by atoms with Gasteiger partial charge in [-0.25, -0.2) is 5.43 Å². The van der Waals surface area contributed by atoms with Crippen LogP contribution in [-0.4, -0.2) is 34.1 Å². The van der Waals surface area contributed by atoms with E-state index < -0.39 is 11.5 Å². The van der Waals surface area contributed by atoms with Gasteiger partial charge in [-0.15, -0.1) is 0 Å². The second kappa shape index (κ2) is 8.70. The summed E-state index contributed by atoms with van der Waals surface area (Å²) >= 11 is 0. The zero-order valence-electron chi connectivity index (χ0n) is 16.2. The maximum atomic E-state index is 12.6. The van der Waals surface area contributed by atoms with Crippen molar-refractivity contribution in [2.24, 2.45) is 5.10 Å². The van der Waals surface area contributed by atoms with Gasteiger partial charge in [-0.3, -0.25) is 9.59 Å². The summed E-state index contributed by atoms with van der Waals surface area (Å²) in [6.45, 7) is 1.47. The van der Waals surface area contributed by atoms with Crippen LogP contribution in [0.2, 0.25) is 0 Å². The number of carbonyl (C=O) groups is 1. The number of amides is 1. The van der Waals surface area contributed by atoms with Crippen LogP contribution in [0.4, 0.5) is 0 Å². The van der Waals surface area contributed by atoms with E-state index in [1.165, 1.54) is 32.4 Å². The highest BCUT2D eigenvalue weighted by molar-refractivity contribution is 5.94. The monoisotopic (exact) mass is 403 g/mol. The normalized spacial score (nSPS) is 10.6. The molecule has 2 aromatic carbocycles. The lowest BCUT2D eigenvalue weighted by Gasteiger charge is -2.11. The number of nitriles is 1. The van der Waals surface area contributed by atoms with Gasteiger partial charge in [0.2, 0.25) is 0 Å². The fraction of sp³-hybridized carbons (Fsp3) is 0.0952. The Morgan fingerprint density at radius 1 is 1.30 bits per heavy atom. The van der Waals surface area contributed by atoms with E-state index in [1.807, 2.05) is 6.07 Å². The molecule has 150 valence electrons. The molecular formula is C21H17N5O4. The summed E-state index contributed by atoms with van der Waals surface area (Å²) in [7, 11) is 1.51. The number of hydrogen-bond donors (Lipinski definition) is 2. The molecule has 0 fully saturated rings. The minimum Gasteiger partial charge on any atom is -0.508 e. The second-order valence-corrected chi connectivity index (χ2v) is 6.17. The molecule has 0 unspecified atom stereocenters. The molecule has 30 heavy (non-hydrogen) atoms. The van der Waals surface area contributed by atoms with Gasteiger partial charge in [0.15, 0.2) is 5.69 Å². The quantitative estimate of drug-likeness (QED) is 0.494. The van der Waals surface area contributed by atoms with Gasteiger partial charge in [0.25, 0.3) is 11.5 Å². The Kier molecular flexibility index (Phi) is 5.89. The van der Waals surface area contributed by atoms with Crippen LogP contribution in [0.25, 0.3) is 5.69 Å². The predicted octanol–water partition coefficient (Wildman–Crippen LogP) is 1.89. The zero-order valence-corrected chi connectivity index (χ0v) is 16.2. The molecule has 2 N–H and O–H groups in total. The molecule has 0 aliphatic carbocycles. The van der Waals surface area contributed by atoms with Crippen LogP contribution in [0.3, 0.4) is 0 Å². The van der Waals surface area contributed by atoms with Crippen molar-refractivity contribution in [2.45, 2.75) is 6.92 Å². The Hall–Kier alpha value is -4.45. The number of nitrogens with one attached hydrogen (secondary N) is 1. The lowest BCUT2D eigenvalue weighted by atomic mass is 10.1. The summed E-state index contributed by atoms with van der Waals surface area (Å²) in [5.74, 6) is -0.0469. The van der Waals surface area contributed by atoms with E-state index in [2.05, 4.69) is 15.6 Å². The number of nitrogens with zero attached hydrogens (tertiary/aromatic N) is 4. The van der Waals surface area contributed by atoms with Crippen LogP contribution in [0.1, 0.15) is 27.2 Å². The van der Waals surface area contributed by atoms with Crippen LogP contribution in [0, 0.1) is 18.3 Å². The van der Waals surface area contributed by atoms with E-state index in [9.17, 15) is 20.0 Å². The van der Waals surface area contributed by atoms with Crippen LogP contribution in [-0.2, 0) is 0 Å². The van der Waals surface area contributed by atoms with Gasteiger partial charge in [-0.2, -0.15) is 20.1 Å². The lowest BCUT2D eigenvalue weighted by Crippen LogP contribution is -2.31. The van der Waals surface area contributed by atoms with Gasteiger partial charge in [0, 0.05) is 5.56 Å². The van der Waals surface area contributed by atoms with Crippen LogP contribution >= 0.6 is 0 Å². The van der Waals surface area contributed by atoms with E-state index >= 15 is 0 Å². The van der Waals surface area contributed by atoms with Gasteiger partial charge in [0.05, 0.1) is 19.0 Å². The van der Waals surface area contributed by atoms with Crippen LogP contribution < -0.4 is 15.7 Å². The molecule has 3 aromatic rings. The van der Waals surface area contributed by atoms with Gasteiger partial charge in [0.1, 0.15) is 23.1 Å². The molecule has 0 bridgehead atoms. The summed E-state index contributed by atoms with van der Waals surface area (Å²) in [5.41, 5.74) is 2.46. The largest absolute Gasteiger partial charge is 0.508 e. The predicted molar refractivity (Wildman–Crippen MR) is 109 cm³/mol. The summed E-state index contributed by atoms with van der Waals surface area (Å²) < 4.78 is 6.08. The Balaban J connectivity index is 1.96. The number of ether oxygens (including phenoxy) is 1. The molecule has 0 atom stereocenters. The fourth-order valence-corrected chi connectivity index (χ4v) is 2.67. The Morgan fingerprint density at radius 3 is 2.67 bits per heavy atom. The summed E-state index contributed by atoms with van der Waals surface area (Å²) in [6.07, 6.45) is 1.34. The molecule has 0 spiro atoms. The number of aromatic hydroxyl groups is 1. The van der Waals surface area contributed by atoms with E-state index in [0.717, 1.165) is 4.68 Å². The lowest BCUT2D eigenvalue weighted by molar-refractivity contribution is 0.0947. The highest BCUT2D eigenvalue weighted by atomic mass is 16.5. The molecule has 0 saturated carbocycles. The highest BCUT2D eigenvalue weighted by Crippen LogP contribution is 2.15. The maximum Gasteiger partial charge on any atom is 0.292 e. The van der Waals surface area contributed by atoms with E-state index in [1.54, 1.807) is 36.4 Å². The Morgan fingerprint density at radius 2 is 2.03 bits per heavy atom. The summed E-state index contributed by atoms with van der Waals surface area (Å²) in [4.78, 5) is 25.2. The van der Waals surface area contributed by atoms with E-state index in [0.29, 0.717) is 17.0 Å². The number of carbonyl (C=O) groups excluding carboxylic acids is 1. The minimum absolute atomic E-state index is 0.0630. The molecule has 9 heteroatoms. The zero-order chi connectivity index (χ0) is 21.7. The van der Waals surface area contributed by atoms with Crippen molar-refractivity contribution in [3.8, 4) is 23.3 Å². The summed E-state index contributed by atoms with van der Waals surface area (Å²) in [6, 6.07) is 14.6. The third kappa shape index (κ3) is 4.18. The van der Waals surface area contributed by atoms with Crippen LogP contribution in [0.15, 0.2) is 58.4 Å². The topological polar surface area (TPSA) is 130 Å². The number of hydrazone groups is 1. The van der Waals surface area contributed by atoms with Crippen molar-refractivity contribution < 1.29 is 14.6 Å². The molecule has 0 radical (unpaired) electrons. The van der Waals surface area contributed by atoms with Gasteiger partial charge >= 0.3 is 0 Å². The van der Waals surface area contributed by atoms with Gasteiger partial charge < -0.3 is 9.84 Å². The minimum atomic E-state index is -0.692. The molecule has 1 heterocycles. The molecule has 1 amide bonds. The molecule has 0 aliphatic rings. The van der Waals surface area contributed by atoms with Crippen molar-refractivity contribution in [3.05, 3.63) is 81.3 Å². The highest BCUT2D eigenvalue weighted by Gasteiger charge is 2.20. The fourth-order valence-electron chi connectivity index (χ4n) is 2.67. The number of aromatic nitrogens is 2. The maximum absolute atomic E-state index is 12.6. The standard InChI is InChI=1S/C21H17N5O4/c1-13-18(11-22)21(29)26(15-6-8-17(30-2)9-7-15)25-19(13)20(28)24-23-12-14-4-3-5-16(27)10-14/h3-10,12,27H,1-2H3,(H,24,28)/b23-12+. The number of benzene rings is 2. The molecule has 1 aromatic heterocycles. The van der Waals surface area contributed by atoms with E-state index in [4.69, 9.17) is 4.74 Å². The van der Waals surface area contributed by atoms with Crippen molar-refractivity contribution in [1.82, 2.24) is 15.2 Å². The number of methoxy groups -OCH3 is 1. The third-order valence-electron chi connectivity index (χ3n) is 4.23. The first kappa shape index (κ1) is 20.3.